The number of benzene rings is 1. The van der Waals surface area contributed by atoms with Crippen LogP contribution in [-0.2, 0) is 0 Å². The largest absolute Gasteiger partial charge is 0.192 e. The molecule has 0 saturated heterocycles. The summed E-state index contributed by atoms with van der Waals surface area (Å²) in [6.45, 7) is 1.93. The van der Waals surface area contributed by atoms with Crippen molar-refractivity contribution in [3.8, 4) is 12.1 Å². The van der Waals surface area contributed by atoms with E-state index in [1.165, 1.54) is 11.3 Å². The van der Waals surface area contributed by atoms with Gasteiger partial charge in [0.15, 0.2) is 0 Å². The van der Waals surface area contributed by atoms with E-state index in [9.17, 15) is 0 Å². The minimum absolute atomic E-state index is 0.642. The first-order chi connectivity index (χ1) is 6.76. The van der Waals surface area contributed by atoms with Crippen LogP contribution >= 0.6 is 11.3 Å². The molecule has 1 heterocycles. The van der Waals surface area contributed by atoms with Crippen molar-refractivity contribution in [3.05, 3.63) is 34.2 Å². The van der Waals surface area contributed by atoms with E-state index in [-0.39, 0.29) is 0 Å². The van der Waals surface area contributed by atoms with Gasteiger partial charge in [0.1, 0.15) is 10.9 Å². The lowest BCUT2D eigenvalue weighted by Gasteiger charge is -1.91. The zero-order valence-electron chi connectivity index (χ0n) is 7.53. The normalized spacial score (nSPS) is 9.64. The second-order valence-electron chi connectivity index (χ2n) is 2.99. The van der Waals surface area contributed by atoms with Crippen LogP contribution in [0.5, 0.6) is 0 Å². The Morgan fingerprint density at radius 2 is 2.00 bits per heavy atom. The molecule has 0 aliphatic heterocycles. The fraction of sp³-hybridized carbons (Fsp3) is 0.0909. The molecule has 0 atom stereocenters. The molecule has 3 heteroatoms. The van der Waals surface area contributed by atoms with Crippen LogP contribution in [0.1, 0.15) is 16.0 Å². The Kier molecular flexibility index (Phi) is 1.96. The summed E-state index contributed by atoms with van der Waals surface area (Å²) in [4.78, 5) is 0.732. The van der Waals surface area contributed by atoms with Crippen molar-refractivity contribution < 1.29 is 0 Å². The highest BCUT2D eigenvalue weighted by Gasteiger charge is 2.07. The number of nitrogens with zero attached hydrogens (tertiary/aromatic N) is 2. The van der Waals surface area contributed by atoms with E-state index >= 15 is 0 Å². The molecule has 0 bridgehead atoms. The van der Waals surface area contributed by atoms with E-state index in [1.807, 2.05) is 19.1 Å². The van der Waals surface area contributed by atoms with E-state index in [4.69, 9.17) is 10.5 Å². The van der Waals surface area contributed by atoms with E-state index in [1.54, 1.807) is 6.07 Å². The summed E-state index contributed by atoms with van der Waals surface area (Å²) in [5.41, 5.74) is 1.65. The van der Waals surface area contributed by atoms with Gasteiger partial charge < -0.3 is 0 Å². The Labute approximate surface area is 85.6 Å². The highest BCUT2D eigenvalue weighted by Crippen LogP contribution is 2.30. The lowest BCUT2D eigenvalue weighted by Crippen LogP contribution is -1.73. The van der Waals surface area contributed by atoms with Crippen LogP contribution in [0.4, 0.5) is 0 Å². The lowest BCUT2D eigenvalue weighted by molar-refractivity contribution is 1.48. The third kappa shape index (κ3) is 1.16. The van der Waals surface area contributed by atoms with Gasteiger partial charge in [-0.1, -0.05) is 6.07 Å². The standard InChI is InChI=1S/C11H6N2S/c1-7-9-3-2-8(5-12)4-10(9)14-11(7)6-13/h2-4H,1H3. The molecule has 2 rings (SSSR count). The number of hydrogen-bond donors (Lipinski definition) is 0. The van der Waals surface area contributed by atoms with Gasteiger partial charge in [-0.05, 0) is 30.0 Å². The van der Waals surface area contributed by atoms with E-state index < -0.39 is 0 Å². The van der Waals surface area contributed by atoms with Crippen molar-refractivity contribution in [2.75, 3.05) is 0 Å². The Morgan fingerprint density at radius 3 is 2.64 bits per heavy atom. The van der Waals surface area contributed by atoms with Crippen LogP contribution in [0.2, 0.25) is 0 Å². The molecule has 0 radical (unpaired) electrons. The summed E-state index contributed by atoms with van der Waals surface area (Å²) in [5, 5.41) is 18.6. The highest BCUT2D eigenvalue weighted by atomic mass is 32.1. The summed E-state index contributed by atoms with van der Waals surface area (Å²) in [6.07, 6.45) is 0. The van der Waals surface area contributed by atoms with Gasteiger partial charge in [0.25, 0.3) is 0 Å². The maximum absolute atomic E-state index is 8.84. The van der Waals surface area contributed by atoms with E-state index in [0.29, 0.717) is 5.56 Å². The maximum atomic E-state index is 8.84. The number of thiophene rings is 1. The molecular formula is C11H6N2S. The number of fused-ring (bicyclic) bond motifs is 1. The predicted molar refractivity (Wildman–Crippen MR) is 56.0 cm³/mol. The first-order valence-corrected chi connectivity index (χ1v) is 4.91. The van der Waals surface area contributed by atoms with Crippen LogP contribution < -0.4 is 0 Å². The average Bonchev–Trinajstić information content (AvgIpc) is 2.55. The molecule has 0 aliphatic rings. The Bertz CT molecular complexity index is 582. The van der Waals surface area contributed by atoms with Gasteiger partial charge in [0.05, 0.1) is 11.6 Å². The molecular weight excluding hydrogens is 192 g/mol. The molecule has 2 nitrogen and oxygen atoms in total. The van der Waals surface area contributed by atoms with Gasteiger partial charge in [0.2, 0.25) is 0 Å². The molecule has 0 fully saturated rings. The number of rotatable bonds is 0. The SMILES string of the molecule is Cc1c(C#N)sc2cc(C#N)ccc12. The fourth-order valence-corrected chi connectivity index (χ4v) is 2.45. The van der Waals surface area contributed by atoms with Gasteiger partial charge in [-0.15, -0.1) is 11.3 Å². The summed E-state index contributed by atoms with van der Waals surface area (Å²) < 4.78 is 1.01. The minimum Gasteiger partial charge on any atom is -0.192 e. The summed E-state index contributed by atoms with van der Waals surface area (Å²) in [5.74, 6) is 0. The third-order valence-electron chi connectivity index (χ3n) is 2.17. The maximum Gasteiger partial charge on any atom is 0.110 e. The van der Waals surface area contributed by atoms with Crippen molar-refractivity contribution in [1.29, 1.82) is 10.5 Å². The van der Waals surface area contributed by atoms with Crippen molar-refractivity contribution >= 4 is 21.4 Å². The number of nitriles is 2. The first kappa shape index (κ1) is 8.74. The molecule has 1 aromatic heterocycles. The molecule has 0 saturated carbocycles. The van der Waals surface area contributed by atoms with Crippen LogP contribution in [0.25, 0.3) is 10.1 Å². The summed E-state index contributed by atoms with van der Waals surface area (Å²) in [7, 11) is 0. The van der Waals surface area contributed by atoms with Crippen LogP contribution in [-0.4, -0.2) is 0 Å². The second-order valence-corrected chi connectivity index (χ2v) is 4.04. The van der Waals surface area contributed by atoms with Gasteiger partial charge in [0, 0.05) is 4.70 Å². The zero-order valence-corrected chi connectivity index (χ0v) is 8.35. The molecule has 1 aromatic carbocycles. The number of aryl methyl sites for hydroxylation is 1. The molecule has 0 aliphatic carbocycles. The quantitative estimate of drug-likeness (QED) is 0.653. The van der Waals surface area contributed by atoms with Crippen molar-refractivity contribution in [2.24, 2.45) is 0 Å². The Hall–Kier alpha value is -1.84. The third-order valence-corrected chi connectivity index (χ3v) is 3.33. The van der Waals surface area contributed by atoms with Crippen LogP contribution in [0.15, 0.2) is 18.2 Å². The highest BCUT2D eigenvalue weighted by molar-refractivity contribution is 7.19. The number of hydrogen-bond acceptors (Lipinski definition) is 3. The average molecular weight is 198 g/mol. The Morgan fingerprint density at radius 1 is 1.21 bits per heavy atom. The van der Waals surface area contributed by atoms with Crippen LogP contribution in [0, 0.1) is 29.6 Å². The first-order valence-electron chi connectivity index (χ1n) is 4.09. The smallest absolute Gasteiger partial charge is 0.110 e. The topological polar surface area (TPSA) is 47.6 Å². The van der Waals surface area contributed by atoms with E-state index in [0.717, 1.165) is 20.5 Å². The van der Waals surface area contributed by atoms with Gasteiger partial charge in [-0.3, -0.25) is 0 Å². The van der Waals surface area contributed by atoms with Gasteiger partial charge in [-0.25, -0.2) is 0 Å². The van der Waals surface area contributed by atoms with Crippen molar-refractivity contribution in [3.63, 3.8) is 0 Å². The van der Waals surface area contributed by atoms with E-state index in [2.05, 4.69) is 12.1 Å². The predicted octanol–water partition coefficient (Wildman–Crippen LogP) is 2.95. The van der Waals surface area contributed by atoms with Crippen molar-refractivity contribution in [2.45, 2.75) is 6.92 Å². The monoisotopic (exact) mass is 198 g/mol. The van der Waals surface area contributed by atoms with Crippen LogP contribution in [0.3, 0.4) is 0 Å². The fourth-order valence-electron chi connectivity index (χ4n) is 1.40. The summed E-state index contributed by atoms with van der Waals surface area (Å²) >= 11 is 1.44. The molecule has 66 valence electrons. The lowest BCUT2D eigenvalue weighted by atomic mass is 10.1. The molecule has 0 unspecified atom stereocenters. The molecule has 0 N–H and O–H groups in total. The zero-order chi connectivity index (χ0) is 10.1. The van der Waals surface area contributed by atoms with Crippen molar-refractivity contribution in [1.82, 2.24) is 0 Å². The second kappa shape index (κ2) is 3.14. The Balaban J connectivity index is 2.82. The molecule has 2 aromatic rings. The van der Waals surface area contributed by atoms with Gasteiger partial charge >= 0.3 is 0 Å². The van der Waals surface area contributed by atoms with Gasteiger partial charge in [-0.2, -0.15) is 10.5 Å². The minimum atomic E-state index is 0.642. The molecule has 0 amide bonds. The molecule has 14 heavy (non-hydrogen) atoms. The molecule has 0 spiro atoms. The summed E-state index contributed by atoms with van der Waals surface area (Å²) in [6, 6.07) is 9.76.